The Hall–Kier alpha value is -2.86. The van der Waals surface area contributed by atoms with E-state index in [0.717, 1.165) is 23.3 Å². The van der Waals surface area contributed by atoms with E-state index in [2.05, 4.69) is 43.0 Å². The fourth-order valence-electron chi connectivity index (χ4n) is 5.63. The quantitative estimate of drug-likeness (QED) is 0.323. The average Bonchev–Trinajstić information content (AvgIpc) is 2.86. The highest BCUT2D eigenvalue weighted by Crippen LogP contribution is 2.47. The van der Waals surface area contributed by atoms with Gasteiger partial charge in [0.05, 0.1) is 5.56 Å². The molecule has 0 bridgehead atoms. The number of rotatable bonds is 5. The van der Waals surface area contributed by atoms with Crippen molar-refractivity contribution in [2.75, 3.05) is 6.61 Å². The molecule has 2 saturated carbocycles. The van der Waals surface area contributed by atoms with Crippen LogP contribution in [0.15, 0.2) is 60.7 Å². The average molecular weight is 461 g/mol. The minimum atomic E-state index is -0.998. The minimum absolute atomic E-state index is 0.0341. The first-order chi connectivity index (χ1) is 16.6. The molecular formula is C31H34F2O. The Morgan fingerprint density at radius 1 is 0.853 bits per heavy atom. The van der Waals surface area contributed by atoms with E-state index in [-0.39, 0.29) is 17.9 Å². The van der Waals surface area contributed by atoms with Crippen LogP contribution < -0.4 is 4.74 Å². The van der Waals surface area contributed by atoms with Gasteiger partial charge < -0.3 is 4.74 Å². The Bertz CT molecular complexity index is 1090. The second-order valence-electron chi connectivity index (χ2n) is 9.62. The number of hydrogen-bond donors (Lipinski definition) is 0. The number of ether oxygens (including phenoxy) is 1. The SMILES string of the molecule is C/C=C/COc1ccc(C#Cc2ccc(C3CCC4CC(/C=C/C)CCC4C3)cc2)c(F)c1F. The van der Waals surface area contributed by atoms with Gasteiger partial charge in [0, 0.05) is 5.56 Å². The zero-order chi connectivity index (χ0) is 23.9. The second-order valence-corrected chi connectivity index (χ2v) is 9.62. The highest BCUT2D eigenvalue weighted by atomic mass is 19.2. The lowest BCUT2D eigenvalue weighted by Crippen LogP contribution is -2.30. The third-order valence-electron chi connectivity index (χ3n) is 7.46. The number of halogens is 2. The van der Waals surface area contributed by atoms with Gasteiger partial charge in [-0.05, 0) is 106 Å². The summed E-state index contributed by atoms with van der Waals surface area (Å²) in [6.45, 7) is 4.17. The molecule has 4 unspecified atom stereocenters. The molecule has 0 N–H and O–H groups in total. The standard InChI is InChI=1S/C31H34F2O/c1-3-5-19-34-29-18-17-25(30(32)31(29)33)13-9-22-7-11-24(12-8-22)27-16-15-26-20-23(6-4-2)10-14-28(26)21-27/h3-8,11-12,17-18,23,26-28H,10,14-16,19-21H2,1-2H3/b5-3+,6-4+. The summed E-state index contributed by atoms with van der Waals surface area (Å²) in [4.78, 5) is 0. The van der Waals surface area contributed by atoms with E-state index >= 15 is 0 Å². The van der Waals surface area contributed by atoms with Crippen LogP contribution in [0.3, 0.4) is 0 Å². The van der Waals surface area contributed by atoms with Crippen molar-refractivity contribution >= 4 is 0 Å². The van der Waals surface area contributed by atoms with Crippen LogP contribution in [0.1, 0.15) is 75.0 Å². The molecule has 2 aromatic carbocycles. The van der Waals surface area contributed by atoms with E-state index in [1.54, 1.807) is 12.2 Å². The van der Waals surface area contributed by atoms with E-state index in [0.29, 0.717) is 5.92 Å². The van der Waals surface area contributed by atoms with Crippen molar-refractivity contribution in [2.24, 2.45) is 17.8 Å². The number of hydrogen-bond acceptors (Lipinski definition) is 1. The van der Waals surface area contributed by atoms with Crippen molar-refractivity contribution in [3.8, 4) is 17.6 Å². The Morgan fingerprint density at radius 3 is 2.38 bits per heavy atom. The van der Waals surface area contributed by atoms with Crippen molar-refractivity contribution in [3.63, 3.8) is 0 Å². The Labute approximate surface area is 202 Å². The highest BCUT2D eigenvalue weighted by Gasteiger charge is 2.35. The first-order valence-corrected chi connectivity index (χ1v) is 12.6. The van der Waals surface area contributed by atoms with E-state index in [1.807, 2.05) is 19.1 Å². The summed E-state index contributed by atoms with van der Waals surface area (Å²) in [6, 6.07) is 11.2. The van der Waals surface area contributed by atoms with Crippen LogP contribution in [0.2, 0.25) is 0 Å². The lowest BCUT2D eigenvalue weighted by atomic mass is 9.64. The molecule has 0 saturated heterocycles. The summed E-state index contributed by atoms with van der Waals surface area (Å²) in [5, 5.41) is 0. The summed E-state index contributed by atoms with van der Waals surface area (Å²) >= 11 is 0. The topological polar surface area (TPSA) is 9.23 Å². The molecule has 0 amide bonds. The van der Waals surface area contributed by atoms with Gasteiger partial charge in [-0.25, -0.2) is 4.39 Å². The van der Waals surface area contributed by atoms with Gasteiger partial charge in [-0.15, -0.1) is 0 Å². The maximum atomic E-state index is 14.4. The van der Waals surface area contributed by atoms with E-state index in [9.17, 15) is 8.78 Å². The first kappa shape index (κ1) is 24.3. The normalized spacial score (nSPS) is 24.6. The van der Waals surface area contributed by atoms with Crippen molar-refractivity contribution < 1.29 is 13.5 Å². The molecule has 2 aliphatic carbocycles. The van der Waals surface area contributed by atoms with Crippen molar-refractivity contribution in [1.82, 2.24) is 0 Å². The number of fused-ring (bicyclic) bond motifs is 1. The third-order valence-corrected chi connectivity index (χ3v) is 7.46. The van der Waals surface area contributed by atoms with E-state index in [1.165, 1.54) is 56.2 Å². The Balaban J connectivity index is 1.39. The van der Waals surface area contributed by atoms with E-state index < -0.39 is 11.6 Å². The molecule has 2 aliphatic rings. The zero-order valence-corrected chi connectivity index (χ0v) is 20.2. The zero-order valence-electron chi connectivity index (χ0n) is 20.2. The predicted molar refractivity (Wildman–Crippen MR) is 135 cm³/mol. The van der Waals surface area contributed by atoms with Crippen LogP contribution in [-0.2, 0) is 0 Å². The molecule has 2 fully saturated rings. The van der Waals surface area contributed by atoms with Gasteiger partial charge in [0.15, 0.2) is 11.6 Å². The van der Waals surface area contributed by atoms with Gasteiger partial charge in [-0.3, -0.25) is 0 Å². The van der Waals surface area contributed by atoms with Crippen LogP contribution in [-0.4, -0.2) is 6.61 Å². The smallest absolute Gasteiger partial charge is 0.201 e. The van der Waals surface area contributed by atoms with Crippen LogP contribution in [0, 0.1) is 41.2 Å². The van der Waals surface area contributed by atoms with Gasteiger partial charge in [0.25, 0.3) is 0 Å². The summed E-state index contributed by atoms with van der Waals surface area (Å²) in [5.74, 6) is 6.81. The molecule has 3 heteroatoms. The molecule has 0 aromatic heterocycles. The third kappa shape index (κ3) is 5.79. The summed E-state index contributed by atoms with van der Waals surface area (Å²) < 4.78 is 33.9. The van der Waals surface area contributed by atoms with E-state index in [4.69, 9.17) is 4.74 Å². The molecule has 0 radical (unpaired) electrons. The van der Waals surface area contributed by atoms with Gasteiger partial charge in [0.2, 0.25) is 5.82 Å². The lowest BCUT2D eigenvalue weighted by Gasteiger charge is -2.41. The second kappa shape index (κ2) is 11.5. The largest absolute Gasteiger partial charge is 0.486 e. The summed E-state index contributed by atoms with van der Waals surface area (Å²) in [5.41, 5.74) is 2.21. The number of benzene rings is 2. The first-order valence-electron chi connectivity index (χ1n) is 12.6. The predicted octanol–water partition coefficient (Wildman–Crippen LogP) is 8.20. The molecule has 4 atom stereocenters. The van der Waals surface area contributed by atoms with Crippen LogP contribution in [0.25, 0.3) is 0 Å². The van der Waals surface area contributed by atoms with Crippen molar-refractivity contribution in [3.05, 3.63) is 89.0 Å². The monoisotopic (exact) mass is 460 g/mol. The molecule has 0 heterocycles. The highest BCUT2D eigenvalue weighted by molar-refractivity contribution is 5.46. The maximum absolute atomic E-state index is 14.4. The summed E-state index contributed by atoms with van der Waals surface area (Å²) in [6.07, 6.45) is 16.0. The van der Waals surface area contributed by atoms with Crippen LogP contribution in [0.5, 0.6) is 5.75 Å². The molecule has 4 rings (SSSR count). The number of allylic oxidation sites excluding steroid dienone is 3. The lowest BCUT2D eigenvalue weighted by molar-refractivity contribution is 0.133. The van der Waals surface area contributed by atoms with Gasteiger partial charge in [-0.2, -0.15) is 4.39 Å². The maximum Gasteiger partial charge on any atom is 0.201 e. The molecule has 2 aromatic rings. The van der Waals surface area contributed by atoms with Gasteiger partial charge in [0.1, 0.15) is 6.61 Å². The van der Waals surface area contributed by atoms with Crippen molar-refractivity contribution in [2.45, 2.75) is 58.3 Å². The van der Waals surface area contributed by atoms with Crippen molar-refractivity contribution in [1.29, 1.82) is 0 Å². The Kier molecular flexibility index (Phi) is 8.22. The van der Waals surface area contributed by atoms with Crippen LogP contribution in [0.4, 0.5) is 8.78 Å². The van der Waals surface area contributed by atoms with Crippen LogP contribution >= 0.6 is 0 Å². The molecule has 0 spiro atoms. The molecule has 178 valence electrons. The van der Waals surface area contributed by atoms with Gasteiger partial charge >= 0.3 is 0 Å². The molecular weight excluding hydrogens is 426 g/mol. The van der Waals surface area contributed by atoms with Gasteiger partial charge in [-0.1, -0.05) is 48.3 Å². The minimum Gasteiger partial charge on any atom is -0.486 e. The fraction of sp³-hybridized carbons (Fsp3) is 0.419. The molecule has 1 nitrogen and oxygen atoms in total. The Morgan fingerprint density at radius 2 is 1.62 bits per heavy atom. The fourth-order valence-corrected chi connectivity index (χ4v) is 5.63. The molecule has 34 heavy (non-hydrogen) atoms. The summed E-state index contributed by atoms with van der Waals surface area (Å²) in [7, 11) is 0. The molecule has 0 aliphatic heterocycles.